The van der Waals surface area contributed by atoms with Crippen LogP contribution in [0.3, 0.4) is 0 Å². The zero-order valence-electron chi connectivity index (χ0n) is 12.4. The molecule has 0 spiro atoms. The SMILES string of the molecule is CCc1nsc(N2CCC(N3CCOCC3C)CC2)n1. The standard InChI is InChI=1S/C14H24N4OS/c1-3-13-15-14(20-16-13)17-6-4-12(5-7-17)18-8-9-19-10-11(18)2/h11-12H,3-10H2,1-2H3. The van der Waals surface area contributed by atoms with Crippen molar-refractivity contribution in [3.8, 4) is 0 Å². The van der Waals surface area contributed by atoms with E-state index in [9.17, 15) is 0 Å². The summed E-state index contributed by atoms with van der Waals surface area (Å²) in [6.07, 6.45) is 3.38. The zero-order chi connectivity index (χ0) is 13.9. The molecule has 0 saturated carbocycles. The Morgan fingerprint density at radius 3 is 2.75 bits per heavy atom. The first-order valence-corrected chi connectivity index (χ1v) is 8.46. The Hall–Kier alpha value is -0.720. The van der Waals surface area contributed by atoms with Crippen LogP contribution in [0.2, 0.25) is 0 Å². The molecule has 0 aliphatic carbocycles. The van der Waals surface area contributed by atoms with Gasteiger partial charge in [0.2, 0.25) is 5.13 Å². The molecule has 0 N–H and O–H groups in total. The molecule has 112 valence electrons. The number of hydrogen-bond donors (Lipinski definition) is 0. The van der Waals surface area contributed by atoms with E-state index in [1.807, 2.05) is 0 Å². The number of ether oxygens (including phenoxy) is 1. The minimum atomic E-state index is 0.563. The van der Waals surface area contributed by atoms with Crippen LogP contribution >= 0.6 is 11.5 Å². The molecule has 1 aromatic heterocycles. The summed E-state index contributed by atoms with van der Waals surface area (Å²) < 4.78 is 9.93. The minimum Gasteiger partial charge on any atom is -0.379 e. The third-order valence-corrected chi connectivity index (χ3v) is 5.21. The number of piperidine rings is 1. The van der Waals surface area contributed by atoms with Crippen molar-refractivity contribution in [3.05, 3.63) is 5.82 Å². The van der Waals surface area contributed by atoms with Gasteiger partial charge in [-0.25, -0.2) is 4.98 Å². The van der Waals surface area contributed by atoms with Gasteiger partial charge < -0.3 is 9.64 Å². The second-order valence-electron chi connectivity index (χ2n) is 5.73. The van der Waals surface area contributed by atoms with E-state index in [-0.39, 0.29) is 0 Å². The fraction of sp³-hybridized carbons (Fsp3) is 0.857. The van der Waals surface area contributed by atoms with Crippen molar-refractivity contribution in [3.63, 3.8) is 0 Å². The molecule has 2 aliphatic heterocycles. The molecule has 0 aromatic carbocycles. The van der Waals surface area contributed by atoms with Crippen LogP contribution < -0.4 is 4.90 Å². The fourth-order valence-electron chi connectivity index (χ4n) is 3.19. The van der Waals surface area contributed by atoms with Crippen molar-refractivity contribution in [2.45, 2.75) is 45.2 Å². The average molecular weight is 296 g/mol. The Morgan fingerprint density at radius 2 is 2.10 bits per heavy atom. The quantitative estimate of drug-likeness (QED) is 0.850. The molecule has 2 aliphatic rings. The maximum absolute atomic E-state index is 5.54. The van der Waals surface area contributed by atoms with Crippen molar-refractivity contribution in [2.24, 2.45) is 0 Å². The molecule has 0 amide bonds. The number of anilines is 1. The molecule has 0 radical (unpaired) electrons. The zero-order valence-corrected chi connectivity index (χ0v) is 13.2. The van der Waals surface area contributed by atoms with Gasteiger partial charge in [0.25, 0.3) is 0 Å². The summed E-state index contributed by atoms with van der Waals surface area (Å²) in [7, 11) is 0. The summed E-state index contributed by atoms with van der Waals surface area (Å²) in [5.41, 5.74) is 0. The van der Waals surface area contributed by atoms with E-state index in [0.29, 0.717) is 12.1 Å². The van der Waals surface area contributed by atoms with Gasteiger partial charge in [0.05, 0.1) is 13.2 Å². The predicted octanol–water partition coefficient (Wildman–Crippen LogP) is 1.79. The topological polar surface area (TPSA) is 41.5 Å². The molecule has 1 unspecified atom stereocenters. The highest BCUT2D eigenvalue weighted by molar-refractivity contribution is 7.09. The van der Waals surface area contributed by atoms with Crippen LogP contribution in [0.5, 0.6) is 0 Å². The van der Waals surface area contributed by atoms with Crippen molar-refractivity contribution < 1.29 is 4.74 Å². The number of hydrogen-bond acceptors (Lipinski definition) is 6. The highest BCUT2D eigenvalue weighted by Crippen LogP contribution is 2.25. The average Bonchev–Trinajstić information content (AvgIpc) is 2.97. The van der Waals surface area contributed by atoms with E-state index in [0.717, 1.165) is 50.2 Å². The van der Waals surface area contributed by atoms with Crippen LogP contribution in [0.1, 0.15) is 32.5 Å². The first-order chi connectivity index (χ1) is 9.78. The van der Waals surface area contributed by atoms with E-state index in [2.05, 4.69) is 33.0 Å². The van der Waals surface area contributed by atoms with Crippen LogP contribution in [0.4, 0.5) is 5.13 Å². The highest BCUT2D eigenvalue weighted by Gasteiger charge is 2.30. The lowest BCUT2D eigenvalue weighted by atomic mass is 10.0. The molecule has 2 saturated heterocycles. The molecule has 6 heteroatoms. The van der Waals surface area contributed by atoms with Crippen LogP contribution in [0, 0.1) is 0 Å². The van der Waals surface area contributed by atoms with Crippen molar-refractivity contribution >= 4 is 16.7 Å². The molecule has 5 nitrogen and oxygen atoms in total. The Labute approximate surface area is 125 Å². The normalized spacial score (nSPS) is 26.1. The van der Waals surface area contributed by atoms with Gasteiger partial charge in [-0.2, -0.15) is 4.37 Å². The number of aryl methyl sites for hydroxylation is 1. The van der Waals surface area contributed by atoms with Crippen LogP contribution in [0.25, 0.3) is 0 Å². The summed E-state index contributed by atoms with van der Waals surface area (Å²) in [6, 6.07) is 1.28. The van der Waals surface area contributed by atoms with Gasteiger partial charge in [-0.05, 0) is 19.8 Å². The van der Waals surface area contributed by atoms with E-state index in [4.69, 9.17) is 4.74 Å². The van der Waals surface area contributed by atoms with Crippen LogP contribution in [-0.2, 0) is 11.2 Å². The summed E-state index contributed by atoms with van der Waals surface area (Å²) in [5.74, 6) is 0.980. The third kappa shape index (κ3) is 2.97. The Kier molecular flexibility index (Phi) is 4.53. The van der Waals surface area contributed by atoms with Gasteiger partial charge >= 0.3 is 0 Å². The summed E-state index contributed by atoms with van der Waals surface area (Å²) in [4.78, 5) is 9.64. The Morgan fingerprint density at radius 1 is 1.30 bits per heavy atom. The molecule has 1 aromatic rings. The van der Waals surface area contributed by atoms with Crippen LogP contribution in [0.15, 0.2) is 0 Å². The molecule has 2 fully saturated rings. The molecule has 3 heterocycles. The minimum absolute atomic E-state index is 0.563. The first kappa shape index (κ1) is 14.2. The van der Waals surface area contributed by atoms with Crippen molar-refractivity contribution in [2.75, 3.05) is 37.7 Å². The lowest BCUT2D eigenvalue weighted by Crippen LogP contribution is -2.53. The van der Waals surface area contributed by atoms with Gasteiger partial charge in [-0.15, -0.1) is 0 Å². The van der Waals surface area contributed by atoms with E-state index >= 15 is 0 Å². The molecular weight excluding hydrogens is 272 g/mol. The van der Waals surface area contributed by atoms with Gasteiger partial charge in [0.15, 0.2) is 0 Å². The highest BCUT2D eigenvalue weighted by atomic mass is 32.1. The monoisotopic (exact) mass is 296 g/mol. The summed E-state index contributed by atoms with van der Waals surface area (Å²) in [6.45, 7) is 9.46. The van der Waals surface area contributed by atoms with Gasteiger partial charge in [-0.3, -0.25) is 4.90 Å². The molecule has 0 bridgehead atoms. The fourth-order valence-corrected chi connectivity index (χ4v) is 3.99. The van der Waals surface area contributed by atoms with Crippen LogP contribution in [-0.4, -0.2) is 59.2 Å². The number of nitrogens with zero attached hydrogens (tertiary/aromatic N) is 4. The Bertz CT molecular complexity index is 431. The smallest absolute Gasteiger partial charge is 0.205 e. The largest absolute Gasteiger partial charge is 0.379 e. The Balaban J connectivity index is 1.56. The molecular formula is C14H24N4OS. The van der Waals surface area contributed by atoms with E-state index in [1.165, 1.54) is 12.8 Å². The lowest BCUT2D eigenvalue weighted by molar-refractivity contribution is -0.0265. The summed E-state index contributed by atoms with van der Waals surface area (Å²) >= 11 is 1.55. The van der Waals surface area contributed by atoms with Gasteiger partial charge in [-0.1, -0.05) is 6.92 Å². The maximum atomic E-state index is 5.54. The lowest BCUT2D eigenvalue weighted by Gasteiger charge is -2.43. The maximum Gasteiger partial charge on any atom is 0.205 e. The second kappa shape index (κ2) is 6.37. The second-order valence-corrected chi connectivity index (χ2v) is 6.46. The predicted molar refractivity (Wildman–Crippen MR) is 81.5 cm³/mol. The van der Waals surface area contributed by atoms with Gasteiger partial charge in [0.1, 0.15) is 5.82 Å². The van der Waals surface area contributed by atoms with Gasteiger partial charge in [0, 0.05) is 49.7 Å². The molecule has 3 rings (SSSR count). The van der Waals surface area contributed by atoms with E-state index in [1.54, 1.807) is 11.5 Å². The van der Waals surface area contributed by atoms with Crippen molar-refractivity contribution in [1.29, 1.82) is 0 Å². The first-order valence-electron chi connectivity index (χ1n) is 7.69. The number of aromatic nitrogens is 2. The summed E-state index contributed by atoms with van der Waals surface area (Å²) in [5, 5.41) is 1.11. The number of morpholine rings is 1. The van der Waals surface area contributed by atoms with E-state index < -0.39 is 0 Å². The molecule has 1 atom stereocenters. The van der Waals surface area contributed by atoms with Crippen molar-refractivity contribution in [1.82, 2.24) is 14.3 Å². The number of rotatable bonds is 3. The third-order valence-electron chi connectivity index (χ3n) is 4.40. The molecule has 20 heavy (non-hydrogen) atoms.